The smallest absolute Gasteiger partial charge is 0.241 e. The van der Waals surface area contributed by atoms with Gasteiger partial charge >= 0.3 is 0 Å². The third-order valence-electron chi connectivity index (χ3n) is 2.39. The maximum Gasteiger partial charge on any atom is 0.241 e. The Bertz CT molecular complexity index is 526. The third kappa shape index (κ3) is 4.67. The van der Waals surface area contributed by atoms with Gasteiger partial charge in [-0.3, -0.25) is 9.48 Å². The summed E-state index contributed by atoms with van der Waals surface area (Å²) in [6.45, 7) is 0.836. The summed E-state index contributed by atoms with van der Waals surface area (Å²) in [6.07, 6.45) is 3.16. The van der Waals surface area contributed by atoms with E-state index in [0.29, 0.717) is 12.2 Å². The highest BCUT2D eigenvalue weighted by Crippen LogP contribution is 2.15. The second-order valence-electron chi connectivity index (χ2n) is 3.98. The third-order valence-corrected chi connectivity index (χ3v) is 3.41. The van der Waals surface area contributed by atoms with Crippen LogP contribution in [0.3, 0.4) is 0 Å². The van der Waals surface area contributed by atoms with Gasteiger partial charge in [0, 0.05) is 23.4 Å². The van der Waals surface area contributed by atoms with Crippen LogP contribution in [-0.2, 0) is 11.3 Å². The van der Waals surface area contributed by atoms with Gasteiger partial charge in [0.1, 0.15) is 6.54 Å². The molecular weight excluding hydrogens is 260 g/mol. The lowest BCUT2D eigenvalue weighted by atomic mass is 10.4. The summed E-state index contributed by atoms with van der Waals surface area (Å²) in [6, 6.07) is 10.1. The summed E-state index contributed by atoms with van der Waals surface area (Å²) in [4.78, 5) is 12.8. The number of carbonyl (C=O) groups is 1. The molecule has 3 N–H and O–H groups in total. The SMILES string of the molecule is Nc1cnn(CC(=O)NCCSc2ccccc2)c1. The van der Waals surface area contributed by atoms with Gasteiger partial charge in [0.25, 0.3) is 0 Å². The summed E-state index contributed by atoms with van der Waals surface area (Å²) in [7, 11) is 0. The number of anilines is 1. The van der Waals surface area contributed by atoms with E-state index >= 15 is 0 Å². The Morgan fingerprint density at radius 3 is 2.84 bits per heavy atom. The summed E-state index contributed by atoms with van der Waals surface area (Å²) >= 11 is 1.72. The van der Waals surface area contributed by atoms with Crippen molar-refractivity contribution in [2.75, 3.05) is 18.0 Å². The molecule has 1 aromatic carbocycles. The van der Waals surface area contributed by atoms with Crippen LogP contribution in [0.5, 0.6) is 0 Å². The Hall–Kier alpha value is -1.95. The van der Waals surface area contributed by atoms with Gasteiger partial charge in [0.2, 0.25) is 5.91 Å². The molecule has 0 fully saturated rings. The lowest BCUT2D eigenvalue weighted by Crippen LogP contribution is -2.29. The molecular formula is C13H16N4OS. The second-order valence-corrected chi connectivity index (χ2v) is 5.15. The van der Waals surface area contributed by atoms with Gasteiger partial charge < -0.3 is 11.1 Å². The molecule has 2 rings (SSSR count). The Labute approximate surface area is 116 Å². The molecule has 1 heterocycles. The van der Waals surface area contributed by atoms with Gasteiger partial charge in [-0.15, -0.1) is 11.8 Å². The van der Waals surface area contributed by atoms with Crippen molar-refractivity contribution in [3.8, 4) is 0 Å². The lowest BCUT2D eigenvalue weighted by Gasteiger charge is -2.05. The first-order valence-electron chi connectivity index (χ1n) is 5.96. The van der Waals surface area contributed by atoms with E-state index in [1.54, 1.807) is 18.0 Å². The number of nitrogens with two attached hydrogens (primary N) is 1. The van der Waals surface area contributed by atoms with Crippen LogP contribution in [-0.4, -0.2) is 28.0 Å². The number of rotatable bonds is 6. The standard InChI is InChI=1S/C13H16N4OS/c14-11-8-16-17(9-11)10-13(18)15-6-7-19-12-4-2-1-3-5-12/h1-5,8-9H,6-7,10,14H2,(H,15,18). The Morgan fingerprint density at radius 2 is 2.16 bits per heavy atom. The molecule has 6 heteroatoms. The number of thioether (sulfide) groups is 1. The molecule has 1 aromatic heterocycles. The van der Waals surface area contributed by atoms with Gasteiger partial charge in [0.15, 0.2) is 0 Å². The zero-order chi connectivity index (χ0) is 13.5. The molecule has 0 aliphatic heterocycles. The van der Waals surface area contributed by atoms with Gasteiger partial charge in [-0.2, -0.15) is 5.10 Å². The minimum Gasteiger partial charge on any atom is -0.396 e. The van der Waals surface area contributed by atoms with Crippen LogP contribution in [0.25, 0.3) is 0 Å². The maximum atomic E-state index is 11.6. The molecule has 100 valence electrons. The summed E-state index contributed by atoms with van der Waals surface area (Å²) in [5.41, 5.74) is 6.08. The van der Waals surface area contributed by atoms with Crippen molar-refractivity contribution in [1.82, 2.24) is 15.1 Å². The first-order chi connectivity index (χ1) is 9.24. The number of hydrogen-bond donors (Lipinski definition) is 2. The van der Waals surface area contributed by atoms with Crippen LogP contribution >= 0.6 is 11.8 Å². The van der Waals surface area contributed by atoms with Crippen LogP contribution in [0.15, 0.2) is 47.6 Å². The van der Waals surface area contributed by atoms with E-state index in [1.807, 2.05) is 18.2 Å². The molecule has 0 aliphatic carbocycles. The van der Waals surface area contributed by atoms with Crippen LogP contribution < -0.4 is 11.1 Å². The van der Waals surface area contributed by atoms with Crippen LogP contribution in [0, 0.1) is 0 Å². The van der Waals surface area contributed by atoms with E-state index in [9.17, 15) is 4.79 Å². The number of nitrogens with one attached hydrogen (secondary N) is 1. The molecule has 0 saturated heterocycles. The maximum absolute atomic E-state index is 11.6. The fourth-order valence-corrected chi connectivity index (χ4v) is 2.33. The van der Waals surface area contributed by atoms with Gasteiger partial charge in [-0.05, 0) is 12.1 Å². The van der Waals surface area contributed by atoms with Crippen molar-refractivity contribution >= 4 is 23.4 Å². The normalized spacial score (nSPS) is 10.3. The van der Waals surface area contributed by atoms with E-state index in [4.69, 9.17) is 5.73 Å². The van der Waals surface area contributed by atoms with E-state index in [0.717, 1.165) is 5.75 Å². The Kier molecular flexibility index (Phi) is 4.85. The van der Waals surface area contributed by atoms with Crippen molar-refractivity contribution < 1.29 is 4.79 Å². The number of benzene rings is 1. The molecule has 0 radical (unpaired) electrons. The predicted molar refractivity (Wildman–Crippen MR) is 76.8 cm³/mol. The van der Waals surface area contributed by atoms with Crippen LogP contribution in [0.2, 0.25) is 0 Å². The minimum absolute atomic E-state index is 0.0586. The molecule has 1 amide bonds. The number of nitrogens with zero attached hydrogens (tertiary/aromatic N) is 2. The van der Waals surface area contributed by atoms with E-state index in [-0.39, 0.29) is 12.5 Å². The molecule has 19 heavy (non-hydrogen) atoms. The molecule has 5 nitrogen and oxygen atoms in total. The molecule has 0 spiro atoms. The highest BCUT2D eigenvalue weighted by Gasteiger charge is 2.03. The molecule has 0 unspecified atom stereocenters. The van der Waals surface area contributed by atoms with E-state index < -0.39 is 0 Å². The highest BCUT2D eigenvalue weighted by molar-refractivity contribution is 7.99. The Balaban J connectivity index is 1.64. The minimum atomic E-state index is -0.0586. The van der Waals surface area contributed by atoms with Crippen LogP contribution in [0.4, 0.5) is 5.69 Å². The monoisotopic (exact) mass is 276 g/mol. The molecule has 0 atom stereocenters. The van der Waals surface area contributed by atoms with E-state index in [2.05, 4.69) is 22.5 Å². The Morgan fingerprint density at radius 1 is 1.37 bits per heavy atom. The molecule has 2 aromatic rings. The van der Waals surface area contributed by atoms with E-state index in [1.165, 1.54) is 15.8 Å². The molecule has 0 saturated carbocycles. The number of carbonyl (C=O) groups excluding carboxylic acids is 1. The van der Waals surface area contributed by atoms with Gasteiger partial charge in [0.05, 0.1) is 11.9 Å². The zero-order valence-corrected chi connectivity index (χ0v) is 11.3. The molecule has 0 aliphatic rings. The quantitative estimate of drug-likeness (QED) is 0.617. The second kappa shape index (κ2) is 6.84. The van der Waals surface area contributed by atoms with Gasteiger partial charge in [-0.1, -0.05) is 18.2 Å². The zero-order valence-electron chi connectivity index (χ0n) is 10.5. The summed E-state index contributed by atoms with van der Waals surface area (Å²) in [5.74, 6) is 0.786. The van der Waals surface area contributed by atoms with Gasteiger partial charge in [-0.25, -0.2) is 0 Å². The average Bonchev–Trinajstić information content (AvgIpc) is 2.81. The topological polar surface area (TPSA) is 72.9 Å². The molecule has 0 bridgehead atoms. The fraction of sp³-hybridized carbons (Fsp3) is 0.231. The van der Waals surface area contributed by atoms with Crippen molar-refractivity contribution in [1.29, 1.82) is 0 Å². The average molecular weight is 276 g/mol. The highest BCUT2D eigenvalue weighted by atomic mass is 32.2. The first kappa shape index (κ1) is 13.5. The predicted octanol–water partition coefficient (Wildman–Crippen LogP) is 1.37. The largest absolute Gasteiger partial charge is 0.396 e. The summed E-state index contributed by atoms with van der Waals surface area (Å²) in [5, 5.41) is 6.81. The number of hydrogen-bond acceptors (Lipinski definition) is 4. The van der Waals surface area contributed by atoms with Crippen molar-refractivity contribution in [2.24, 2.45) is 0 Å². The van der Waals surface area contributed by atoms with Crippen LogP contribution in [0.1, 0.15) is 0 Å². The lowest BCUT2D eigenvalue weighted by molar-refractivity contribution is -0.121. The van der Waals surface area contributed by atoms with Crippen molar-refractivity contribution in [3.05, 3.63) is 42.7 Å². The number of aromatic nitrogens is 2. The fourth-order valence-electron chi connectivity index (χ4n) is 1.55. The number of nitrogen functional groups attached to an aromatic ring is 1. The van der Waals surface area contributed by atoms with Crippen molar-refractivity contribution in [3.63, 3.8) is 0 Å². The summed E-state index contributed by atoms with van der Waals surface area (Å²) < 4.78 is 1.52. The first-order valence-corrected chi connectivity index (χ1v) is 6.95. The number of amides is 1. The van der Waals surface area contributed by atoms with Crippen molar-refractivity contribution in [2.45, 2.75) is 11.4 Å².